The van der Waals surface area contributed by atoms with Gasteiger partial charge in [-0.1, -0.05) is 0 Å². The topological polar surface area (TPSA) is 0 Å². The first-order chi connectivity index (χ1) is 8.64. The van der Waals surface area contributed by atoms with Gasteiger partial charge in [0, 0.05) is 0 Å². The first-order valence-corrected chi connectivity index (χ1v) is 15.9. The van der Waals surface area contributed by atoms with Crippen molar-refractivity contribution < 1.29 is 0 Å². The van der Waals surface area contributed by atoms with Gasteiger partial charge in [-0.2, -0.15) is 0 Å². The van der Waals surface area contributed by atoms with Crippen LogP contribution in [-0.2, 0) is 0 Å². The molecule has 0 radical (unpaired) electrons. The van der Waals surface area contributed by atoms with Crippen LogP contribution in [0.3, 0.4) is 0 Å². The predicted octanol–water partition coefficient (Wildman–Crippen LogP) is 6.02. The van der Waals surface area contributed by atoms with E-state index >= 15 is 0 Å². The Morgan fingerprint density at radius 1 is 0.944 bits per heavy atom. The van der Waals surface area contributed by atoms with Gasteiger partial charge in [-0.3, -0.25) is 0 Å². The van der Waals surface area contributed by atoms with Crippen LogP contribution in [0.15, 0.2) is 12.2 Å². The number of hydrogen-bond acceptors (Lipinski definition) is 0. The second kappa shape index (κ2) is 11.0. The van der Waals surface area contributed by atoms with Crippen molar-refractivity contribution in [2.75, 3.05) is 0 Å². The van der Waals surface area contributed by atoms with Crippen LogP contribution in [-0.4, -0.2) is 18.4 Å². The molecule has 0 amide bonds. The van der Waals surface area contributed by atoms with Gasteiger partial charge in [0.2, 0.25) is 0 Å². The molecule has 0 atom stereocenters. The second-order valence-corrected chi connectivity index (χ2v) is 19.6. The summed E-state index contributed by atoms with van der Waals surface area (Å²) in [7, 11) is 0. The average Bonchev–Trinajstić information content (AvgIpc) is 2.40. The van der Waals surface area contributed by atoms with E-state index in [0.717, 1.165) is 5.57 Å². The molecule has 0 unspecified atom stereocenters. The van der Waals surface area contributed by atoms with E-state index in [1.807, 2.05) is 0 Å². The molecule has 18 heavy (non-hydrogen) atoms. The third-order valence-electron chi connectivity index (χ3n) is 3.97. The van der Waals surface area contributed by atoms with Crippen molar-refractivity contribution in [3.63, 3.8) is 0 Å². The average molecular weight is 355 g/mol. The summed E-state index contributed by atoms with van der Waals surface area (Å²) in [6, 6.07) is 0. The van der Waals surface area contributed by atoms with Gasteiger partial charge in [-0.15, -0.1) is 0 Å². The molecule has 0 aromatic heterocycles. The van der Waals surface area contributed by atoms with Crippen molar-refractivity contribution in [2.24, 2.45) is 0 Å². The molecule has 0 aliphatic heterocycles. The Morgan fingerprint density at radius 3 is 1.61 bits per heavy atom. The second-order valence-electron chi connectivity index (χ2n) is 5.74. The Hall–Kier alpha value is 0.0987. The Morgan fingerprint density at radius 2 is 1.33 bits per heavy atom. The Labute approximate surface area is 120 Å². The van der Waals surface area contributed by atoms with Gasteiger partial charge in [0.1, 0.15) is 0 Å². The molecule has 104 valence electrons. The molecule has 0 saturated carbocycles. The first-order valence-electron chi connectivity index (χ1n) is 7.78. The van der Waals surface area contributed by atoms with Crippen LogP contribution < -0.4 is 0 Å². The minimum atomic E-state index is -2.01. The first kappa shape index (κ1) is 18.1. The van der Waals surface area contributed by atoms with Crippen molar-refractivity contribution in [1.29, 1.82) is 0 Å². The number of terminal acetylenes is 1. The van der Waals surface area contributed by atoms with Crippen LogP contribution in [0.1, 0.15) is 59.3 Å². The van der Waals surface area contributed by atoms with Crippen LogP contribution in [0.2, 0.25) is 17.7 Å². The third-order valence-corrected chi connectivity index (χ3v) is 19.4. The quantitative estimate of drug-likeness (QED) is 0.314. The van der Waals surface area contributed by atoms with Gasteiger partial charge in [0.15, 0.2) is 0 Å². The Bertz CT molecular complexity index is 237. The van der Waals surface area contributed by atoms with E-state index in [-0.39, 0.29) is 0 Å². The molecule has 0 aromatic rings. The summed E-state index contributed by atoms with van der Waals surface area (Å²) in [5, 5.41) is 0. The zero-order valence-electron chi connectivity index (χ0n) is 12.9. The molecule has 0 heterocycles. The van der Waals surface area contributed by atoms with Gasteiger partial charge in [-0.05, 0) is 0 Å². The molecule has 0 nitrogen and oxygen atoms in total. The van der Waals surface area contributed by atoms with Gasteiger partial charge >= 0.3 is 120 Å². The predicted molar refractivity (Wildman–Crippen MR) is 87.7 cm³/mol. The van der Waals surface area contributed by atoms with Gasteiger partial charge in [0.25, 0.3) is 0 Å². The monoisotopic (exact) mass is 356 g/mol. The fourth-order valence-corrected chi connectivity index (χ4v) is 18.8. The summed E-state index contributed by atoms with van der Waals surface area (Å²) in [4.78, 5) is 0. The van der Waals surface area contributed by atoms with E-state index in [0.29, 0.717) is 0 Å². The minimum absolute atomic E-state index is 1.09. The molecular formula is C17H32Sn. The number of unbranched alkanes of at least 4 members (excludes halogenated alkanes) is 3. The molecule has 1 heteroatoms. The van der Waals surface area contributed by atoms with Crippen molar-refractivity contribution >= 4 is 18.4 Å². The summed E-state index contributed by atoms with van der Waals surface area (Å²) in [6.45, 7) is 11.0. The summed E-state index contributed by atoms with van der Waals surface area (Å²) < 4.78 is 5.86. The zero-order valence-corrected chi connectivity index (χ0v) is 15.7. The molecule has 0 aliphatic carbocycles. The van der Waals surface area contributed by atoms with Crippen LogP contribution in [0.5, 0.6) is 0 Å². The molecule has 0 saturated heterocycles. The van der Waals surface area contributed by atoms with E-state index in [4.69, 9.17) is 6.42 Å². The van der Waals surface area contributed by atoms with Gasteiger partial charge < -0.3 is 0 Å². The summed E-state index contributed by atoms with van der Waals surface area (Å²) in [6.07, 6.45) is 13.8. The van der Waals surface area contributed by atoms with Crippen LogP contribution in [0.4, 0.5) is 0 Å². The molecule has 0 aromatic carbocycles. The summed E-state index contributed by atoms with van der Waals surface area (Å²) >= 11 is -2.01. The van der Waals surface area contributed by atoms with E-state index < -0.39 is 18.4 Å². The van der Waals surface area contributed by atoms with E-state index in [9.17, 15) is 0 Å². The van der Waals surface area contributed by atoms with Crippen molar-refractivity contribution in [3.8, 4) is 12.3 Å². The van der Waals surface area contributed by atoms with Crippen LogP contribution in [0.25, 0.3) is 0 Å². The fourth-order valence-electron chi connectivity index (χ4n) is 2.80. The fraction of sp³-hybridized carbons (Fsp3) is 0.765. The van der Waals surface area contributed by atoms with Gasteiger partial charge in [-0.25, -0.2) is 0 Å². The summed E-state index contributed by atoms with van der Waals surface area (Å²) in [5.74, 6) is 2.81. The van der Waals surface area contributed by atoms with Crippen molar-refractivity contribution in [1.82, 2.24) is 0 Å². The van der Waals surface area contributed by atoms with E-state index in [2.05, 4.69) is 33.3 Å². The van der Waals surface area contributed by atoms with E-state index in [1.165, 1.54) is 56.3 Å². The molecule has 0 fully saturated rings. The number of hydrogen-bond donors (Lipinski definition) is 0. The standard InChI is InChI=1S/C5H5.3C4H9.Sn/c1-4-5(2)3;3*1-3-4-2;/h1H,2-3H2;3*1,3-4H2,2H3;. The Balaban J connectivity index is 4.73. The van der Waals surface area contributed by atoms with Gasteiger partial charge in [0.05, 0.1) is 0 Å². The maximum absolute atomic E-state index is 5.55. The van der Waals surface area contributed by atoms with Crippen LogP contribution >= 0.6 is 0 Å². The van der Waals surface area contributed by atoms with Crippen LogP contribution in [0, 0.1) is 12.3 Å². The maximum atomic E-state index is 5.55. The van der Waals surface area contributed by atoms with E-state index in [1.54, 1.807) is 0 Å². The molecule has 0 N–H and O–H groups in total. The molecule has 0 spiro atoms. The summed E-state index contributed by atoms with van der Waals surface area (Å²) in [5.41, 5.74) is 1.09. The zero-order chi connectivity index (χ0) is 13.9. The molecule has 0 aliphatic rings. The molecule has 0 bridgehead atoms. The van der Waals surface area contributed by atoms with Crippen molar-refractivity contribution in [2.45, 2.75) is 77.0 Å². The normalized spacial score (nSPS) is 11.2. The number of allylic oxidation sites excluding steroid dienone is 1. The molecule has 0 rings (SSSR count). The number of rotatable bonds is 11. The third kappa shape index (κ3) is 7.52. The molecular weight excluding hydrogens is 323 g/mol. The Kier molecular flexibility index (Phi) is 11.0. The van der Waals surface area contributed by atoms with Crippen molar-refractivity contribution in [3.05, 3.63) is 12.2 Å². The SMILES string of the molecule is C#CC(=C)[CH2][Sn]([CH2]CCC)([CH2]CCC)[CH2]CCC.